The lowest BCUT2D eigenvalue weighted by molar-refractivity contribution is -0.384. The van der Waals surface area contributed by atoms with Gasteiger partial charge in [-0.05, 0) is 30.3 Å². The fourth-order valence-corrected chi connectivity index (χ4v) is 2.96. The van der Waals surface area contributed by atoms with Crippen LogP contribution >= 0.6 is 11.6 Å². The van der Waals surface area contributed by atoms with Crippen LogP contribution in [0.1, 0.15) is 16.3 Å². The summed E-state index contributed by atoms with van der Waals surface area (Å²) < 4.78 is 11.1. The standard InChI is InChI=1S/C20H12ClN3O5/c21-16-10-13(24(26)27)5-7-15(16)18-8-6-14(28-18)11-22-23-20(25)19-9-12-3-1-2-4-17(12)29-19/h1-11H,(H,23,25)/b22-11+. The molecule has 0 unspecified atom stereocenters. The third-order valence-electron chi connectivity index (χ3n) is 4.06. The van der Waals surface area contributed by atoms with E-state index < -0.39 is 10.8 Å². The van der Waals surface area contributed by atoms with E-state index in [4.69, 9.17) is 20.4 Å². The number of fused-ring (bicyclic) bond motifs is 1. The molecule has 2 heterocycles. The van der Waals surface area contributed by atoms with Crippen LogP contribution in [0.4, 0.5) is 5.69 Å². The molecule has 1 amide bonds. The van der Waals surface area contributed by atoms with Gasteiger partial charge in [-0.1, -0.05) is 29.8 Å². The van der Waals surface area contributed by atoms with Gasteiger partial charge in [0.25, 0.3) is 5.69 Å². The van der Waals surface area contributed by atoms with E-state index in [1.165, 1.54) is 24.4 Å². The van der Waals surface area contributed by atoms with Crippen molar-refractivity contribution >= 4 is 40.4 Å². The molecule has 2 aromatic carbocycles. The maximum absolute atomic E-state index is 12.1. The van der Waals surface area contributed by atoms with E-state index in [2.05, 4.69) is 10.5 Å². The van der Waals surface area contributed by atoms with Gasteiger partial charge in [0.05, 0.1) is 16.2 Å². The number of nitro groups is 1. The number of non-ortho nitro benzene ring substituents is 1. The minimum atomic E-state index is -0.527. The number of nitrogens with one attached hydrogen (secondary N) is 1. The van der Waals surface area contributed by atoms with Crippen molar-refractivity contribution < 1.29 is 18.6 Å². The number of hydrogen-bond donors (Lipinski definition) is 1. The molecule has 8 nitrogen and oxygen atoms in total. The van der Waals surface area contributed by atoms with E-state index in [9.17, 15) is 14.9 Å². The Balaban J connectivity index is 1.45. The van der Waals surface area contributed by atoms with Crippen LogP contribution < -0.4 is 5.43 Å². The Kier molecular flexibility index (Phi) is 4.84. The average molecular weight is 410 g/mol. The summed E-state index contributed by atoms with van der Waals surface area (Å²) in [6, 6.07) is 16.3. The Morgan fingerprint density at radius 3 is 2.69 bits per heavy atom. The predicted octanol–water partition coefficient (Wildman–Crippen LogP) is 5.02. The summed E-state index contributed by atoms with van der Waals surface area (Å²) in [5, 5.41) is 15.7. The highest BCUT2D eigenvalue weighted by Crippen LogP contribution is 2.32. The Bertz CT molecular complexity index is 1220. The number of amides is 1. The predicted molar refractivity (Wildman–Crippen MR) is 107 cm³/mol. The van der Waals surface area contributed by atoms with Gasteiger partial charge in [-0.2, -0.15) is 5.10 Å². The maximum atomic E-state index is 12.1. The third kappa shape index (κ3) is 3.87. The first-order chi connectivity index (χ1) is 14.0. The molecule has 0 atom stereocenters. The zero-order valence-electron chi connectivity index (χ0n) is 14.7. The second-order valence-corrected chi connectivity index (χ2v) is 6.38. The Labute approximate surface area is 168 Å². The Hall–Kier alpha value is -3.91. The van der Waals surface area contributed by atoms with Gasteiger partial charge in [-0.25, -0.2) is 5.43 Å². The van der Waals surface area contributed by atoms with Gasteiger partial charge < -0.3 is 8.83 Å². The number of hydrazone groups is 1. The van der Waals surface area contributed by atoms with Crippen LogP contribution in [-0.2, 0) is 0 Å². The summed E-state index contributed by atoms with van der Waals surface area (Å²) in [4.78, 5) is 22.4. The van der Waals surface area contributed by atoms with Gasteiger partial charge in [-0.15, -0.1) is 0 Å². The summed E-state index contributed by atoms with van der Waals surface area (Å²) in [5.41, 5.74) is 3.37. The van der Waals surface area contributed by atoms with Crippen molar-refractivity contribution in [1.29, 1.82) is 0 Å². The van der Waals surface area contributed by atoms with Crippen molar-refractivity contribution in [3.05, 3.63) is 87.3 Å². The van der Waals surface area contributed by atoms with Gasteiger partial charge in [0, 0.05) is 23.1 Å². The summed E-state index contributed by atoms with van der Waals surface area (Å²) in [5.74, 6) is 0.415. The lowest BCUT2D eigenvalue weighted by Crippen LogP contribution is -2.16. The van der Waals surface area contributed by atoms with Crippen molar-refractivity contribution in [1.82, 2.24) is 5.43 Å². The molecule has 29 heavy (non-hydrogen) atoms. The van der Waals surface area contributed by atoms with Crippen molar-refractivity contribution in [2.24, 2.45) is 5.10 Å². The van der Waals surface area contributed by atoms with Gasteiger partial charge in [0.15, 0.2) is 5.76 Å². The Morgan fingerprint density at radius 1 is 1.10 bits per heavy atom. The zero-order chi connectivity index (χ0) is 20.4. The molecule has 1 N–H and O–H groups in total. The normalized spacial score (nSPS) is 11.2. The van der Waals surface area contributed by atoms with Crippen LogP contribution in [-0.4, -0.2) is 17.0 Å². The van der Waals surface area contributed by atoms with Gasteiger partial charge in [0.2, 0.25) is 0 Å². The summed E-state index contributed by atoms with van der Waals surface area (Å²) in [6.07, 6.45) is 1.32. The monoisotopic (exact) mass is 409 g/mol. The number of hydrogen-bond acceptors (Lipinski definition) is 6. The molecule has 0 spiro atoms. The highest BCUT2D eigenvalue weighted by Gasteiger charge is 2.14. The molecular formula is C20H12ClN3O5. The second kappa shape index (κ2) is 7.61. The smallest absolute Gasteiger partial charge is 0.307 e. The van der Waals surface area contributed by atoms with Crippen molar-refractivity contribution in [2.75, 3.05) is 0 Å². The molecular weight excluding hydrogens is 398 g/mol. The number of halogens is 1. The first-order valence-corrected chi connectivity index (χ1v) is 8.75. The minimum absolute atomic E-state index is 0.111. The number of benzene rings is 2. The van der Waals surface area contributed by atoms with Crippen LogP contribution in [0.5, 0.6) is 0 Å². The molecule has 9 heteroatoms. The van der Waals surface area contributed by atoms with E-state index in [1.807, 2.05) is 18.2 Å². The highest BCUT2D eigenvalue weighted by molar-refractivity contribution is 6.33. The van der Waals surface area contributed by atoms with E-state index in [-0.39, 0.29) is 16.5 Å². The fraction of sp³-hybridized carbons (Fsp3) is 0. The largest absolute Gasteiger partial charge is 0.455 e. The second-order valence-electron chi connectivity index (χ2n) is 5.97. The van der Waals surface area contributed by atoms with E-state index >= 15 is 0 Å². The molecule has 2 aromatic heterocycles. The maximum Gasteiger partial charge on any atom is 0.307 e. The summed E-state index contributed by atoms with van der Waals surface area (Å²) >= 11 is 6.10. The Morgan fingerprint density at radius 2 is 1.93 bits per heavy atom. The molecule has 0 aliphatic heterocycles. The first-order valence-electron chi connectivity index (χ1n) is 8.37. The zero-order valence-corrected chi connectivity index (χ0v) is 15.4. The van der Waals surface area contributed by atoms with Crippen LogP contribution in [0, 0.1) is 10.1 Å². The molecule has 0 aliphatic rings. The number of nitro benzene ring substituents is 1. The van der Waals surface area contributed by atoms with Gasteiger partial charge in [0.1, 0.15) is 17.1 Å². The SMILES string of the molecule is O=C(N/N=C/c1ccc(-c2ccc([N+](=O)[O-])cc2Cl)o1)c1cc2ccccc2o1. The van der Waals surface area contributed by atoms with Crippen LogP contribution in [0.25, 0.3) is 22.3 Å². The van der Waals surface area contributed by atoms with Crippen molar-refractivity contribution in [3.8, 4) is 11.3 Å². The summed E-state index contributed by atoms with van der Waals surface area (Å²) in [6.45, 7) is 0. The summed E-state index contributed by atoms with van der Waals surface area (Å²) in [7, 11) is 0. The van der Waals surface area contributed by atoms with Crippen LogP contribution in [0.15, 0.2) is 74.6 Å². The molecule has 4 aromatic rings. The minimum Gasteiger partial charge on any atom is -0.455 e. The lowest BCUT2D eigenvalue weighted by atomic mass is 10.1. The van der Waals surface area contributed by atoms with Crippen LogP contribution in [0.3, 0.4) is 0 Å². The fourth-order valence-electron chi connectivity index (χ4n) is 2.69. The molecule has 0 aliphatic carbocycles. The molecule has 0 saturated heterocycles. The van der Waals surface area contributed by atoms with Gasteiger partial charge >= 0.3 is 5.91 Å². The average Bonchev–Trinajstić information content (AvgIpc) is 3.34. The topological polar surface area (TPSA) is 111 Å². The van der Waals surface area contributed by atoms with Gasteiger partial charge in [-0.3, -0.25) is 14.9 Å². The van der Waals surface area contributed by atoms with E-state index in [0.717, 1.165) is 5.39 Å². The number of para-hydroxylation sites is 1. The highest BCUT2D eigenvalue weighted by atomic mass is 35.5. The lowest BCUT2D eigenvalue weighted by Gasteiger charge is -2.00. The molecule has 144 valence electrons. The van der Waals surface area contributed by atoms with Crippen LogP contribution in [0.2, 0.25) is 5.02 Å². The number of carbonyl (C=O) groups excluding carboxylic acids is 1. The van der Waals surface area contributed by atoms with Crippen molar-refractivity contribution in [2.45, 2.75) is 0 Å². The number of rotatable bonds is 5. The number of furan rings is 2. The van der Waals surface area contributed by atoms with E-state index in [1.54, 1.807) is 24.3 Å². The molecule has 4 rings (SSSR count). The molecule has 0 radical (unpaired) electrons. The van der Waals surface area contributed by atoms with Crippen molar-refractivity contribution in [3.63, 3.8) is 0 Å². The number of carbonyl (C=O) groups is 1. The third-order valence-corrected chi connectivity index (χ3v) is 4.38. The molecule has 0 saturated carbocycles. The molecule has 0 fully saturated rings. The first kappa shape index (κ1) is 18.5. The number of nitrogens with zero attached hydrogens (tertiary/aromatic N) is 2. The quantitative estimate of drug-likeness (QED) is 0.282. The molecule has 0 bridgehead atoms. The van der Waals surface area contributed by atoms with E-state index in [0.29, 0.717) is 22.7 Å².